The Morgan fingerprint density at radius 1 is 1.47 bits per heavy atom. The Kier molecular flexibility index (Phi) is 4.24. The second-order valence-corrected chi connectivity index (χ2v) is 3.93. The van der Waals surface area contributed by atoms with E-state index in [0.29, 0.717) is 13.2 Å². The molecular formula is C12H18FNO. The second kappa shape index (κ2) is 5.24. The molecule has 3 heteroatoms. The van der Waals surface area contributed by atoms with Crippen LogP contribution in [0.5, 0.6) is 0 Å². The molecule has 0 aliphatic heterocycles. The Hall–Kier alpha value is -0.930. The molecule has 2 nitrogen and oxygen atoms in total. The van der Waals surface area contributed by atoms with E-state index in [2.05, 4.69) is 0 Å². The molecule has 0 aliphatic carbocycles. The van der Waals surface area contributed by atoms with Gasteiger partial charge in [-0.3, -0.25) is 0 Å². The minimum absolute atomic E-state index is 0.234. The van der Waals surface area contributed by atoms with Gasteiger partial charge in [0.05, 0.1) is 12.2 Å². The molecule has 0 radical (unpaired) electrons. The number of hydrogen-bond donors (Lipinski definition) is 1. The molecule has 1 unspecified atom stereocenters. The van der Waals surface area contributed by atoms with Crippen LogP contribution in [0.15, 0.2) is 24.3 Å². The zero-order valence-electron chi connectivity index (χ0n) is 9.29. The number of halogens is 1. The van der Waals surface area contributed by atoms with Gasteiger partial charge in [-0.15, -0.1) is 0 Å². The van der Waals surface area contributed by atoms with E-state index >= 15 is 0 Å². The van der Waals surface area contributed by atoms with E-state index in [1.807, 2.05) is 19.9 Å². The number of ether oxygens (including phenoxy) is 1. The predicted octanol–water partition coefficient (Wildman–Crippen LogP) is 2.47. The van der Waals surface area contributed by atoms with Crippen molar-refractivity contribution in [2.45, 2.75) is 32.5 Å². The zero-order valence-corrected chi connectivity index (χ0v) is 9.29. The van der Waals surface area contributed by atoms with Crippen molar-refractivity contribution in [3.63, 3.8) is 0 Å². The number of rotatable bonds is 5. The maximum atomic E-state index is 12.9. The van der Waals surface area contributed by atoms with Gasteiger partial charge in [0.2, 0.25) is 0 Å². The Morgan fingerprint density at radius 3 is 2.73 bits per heavy atom. The van der Waals surface area contributed by atoms with Crippen molar-refractivity contribution in [2.24, 2.45) is 5.73 Å². The van der Waals surface area contributed by atoms with Crippen molar-refractivity contribution in [1.29, 1.82) is 0 Å². The van der Waals surface area contributed by atoms with Crippen LogP contribution in [-0.2, 0) is 11.3 Å². The molecule has 2 N–H and O–H groups in total. The zero-order chi connectivity index (χ0) is 11.3. The molecule has 0 bridgehead atoms. The van der Waals surface area contributed by atoms with E-state index in [9.17, 15) is 4.39 Å². The summed E-state index contributed by atoms with van der Waals surface area (Å²) < 4.78 is 18.5. The molecule has 0 spiro atoms. The molecule has 0 aliphatic rings. The Labute approximate surface area is 90.2 Å². The fraction of sp³-hybridized carbons (Fsp3) is 0.500. The lowest BCUT2D eigenvalue weighted by Gasteiger charge is -2.26. The van der Waals surface area contributed by atoms with E-state index in [0.717, 1.165) is 12.0 Å². The van der Waals surface area contributed by atoms with Gasteiger partial charge in [-0.2, -0.15) is 0 Å². The standard InChI is InChI=1S/C12H18FNO/c1-3-12(2,9-14)15-8-10-5-4-6-11(13)7-10/h4-7H,3,8-9,14H2,1-2H3. The first-order valence-electron chi connectivity index (χ1n) is 5.18. The average Bonchev–Trinajstić information content (AvgIpc) is 2.26. The molecule has 0 aromatic heterocycles. The average molecular weight is 211 g/mol. The summed E-state index contributed by atoms with van der Waals surface area (Å²) in [5, 5.41) is 0. The molecule has 0 saturated heterocycles. The summed E-state index contributed by atoms with van der Waals surface area (Å²) in [6.07, 6.45) is 0.846. The van der Waals surface area contributed by atoms with Crippen molar-refractivity contribution in [1.82, 2.24) is 0 Å². The Morgan fingerprint density at radius 2 is 2.20 bits per heavy atom. The second-order valence-electron chi connectivity index (χ2n) is 3.93. The Balaban J connectivity index is 2.56. The van der Waals surface area contributed by atoms with Gasteiger partial charge >= 0.3 is 0 Å². The summed E-state index contributed by atoms with van der Waals surface area (Å²) in [4.78, 5) is 0. The molecule has 1 rings (SSSR count). The highest BCUT2D eigenvalue weighted by Crippen LogP contribution is 2.16. The van der Waals surface area contributed by atoms with Crippen LogP contribution >= 0.6 is 0 Å². The van der Waals surface area contributed by atoms with Gasteiger partial charge in [0.15, 0.2) is 0 Å². The van der Waals surface area contributed by atoms with Crippen molar-refractivity contribution in [3.05, 3.63) is 35.6 Å². The maximum Gasteiger partial charge on any atom is 0.123 e. The molecule has 0 amide bonds. The maximum absolute atomic E-state index is 12.9. The van der Waals surface area contributed by atoms with Gasteiger partial charge in [0.1, 0.15) is 5.82 Å². The minimum Gasteiger partial charge on any atom is -0.369 e. The molecule has 0 heterocycles. The van der Waals surface area contributed by atoms with Crippen LogP contribution in [0.2, 0.25) is 0 Å². The summed E-state index contributed by atoms with van der Waals surface area (Å²) in [5.74, 6) is -0.234. The normalized spacial score (nSPS) is 14.9. The SMILES string of the molecule is CCC(C)(CN)OCc1cccc(F)c1. The van der Waals surface area contributed by atoms with E-state index in [4.69, 9.17) is 10.5 Å². The van der Waals surface area contributed by atoms with Crippen molar-refractivity contribution >= 4 is 0 Å². The van der Waals surface area contributed by atoms with Crippen LogP contribution in [0.25, 0.3) is 0 Å². The highest BCUT2D eigenvalue weighted by atomic mass is 19.1. The van der Waals surface area contributed by atoms with Gasteiger partial charge < -0.3 is 10.5 Å². The van der Waals surface area contributed by atoms with E-state index < -0.39 is 0 Å². The summed E-state index contributed by atoms with van der Waals surface area (Å²) >= 11 is 0. The fourth-order valence-electron chi connectivity index (χ4n) is 1.19. The lowest BCUT2D eigenvalue weighted by molar-refractivity contribution is -0.0388. The molecule has 0 saturated carbocycles. The molecule has 1 aromatic rings. The first-order valence-corrected chi connectivity index (χ1v) is 5.18. The summed E-state index contributed by atoms with van der Waals surface area (Å²) in [6, 6.07) is 6.42. The van der Waals surface area contributed by atoms with Crippen LogP contribution in [0, 0.1) is 5.82 Å². The van der Waals surface area contributed by atoms with Crippen LogP contribution in [0.1, 0.15) is 25.8 Å². The minimum atomic E-state index is -0.313. The van der Waals surface area contributed by atoms with Gasteiger partial charge in [-0.25, -0.2) is 4.39 Å². The first kappa shape index (κ1) is 12.1. The van der Waals surface area contributed by atoms with Gasteiger partial charge in [-0.05, 0) is 31.0 Å². The smallest absolute Gasteiger partial charge is 0.123 e. The third kappa shape index (κ3) is 3.61. The monoisotopic (exact) mass is 211 g/mol. The quantitative estimate of drug-likeness (QED) is 0.812. The van der Waals surface area contributed by atoms with Gasteiger partial charge in [-0.1, -0.05) is 19.1 Å². The molecular weight excluding hydrogens is 193 g/mol. The fourth-order valence-corrected chi connectivity index (χ4v) is 1.19. The van der Waals surface area contributed by atoms with Crippen molar-refractivity contribution in [2.75, 3.05) is 6.54 Å². The summed E-state index contributed by atoms with van der Waals surface area (Å²) in [6.45, 7) is 4.86. The van der Waals surface area contributed by atoms with E-state index in [1.165, 1.54) is 12.1 Å². The van der Waals surface area contributed by atoms with Crippen LogP contribution in [0.4, 0.5) is 4.39 Å². The third-order valence-electron chi connectivity index (χ3n) is 2.66. The Bertz CT molecular complexity index is 310. The number of nitrogens with two attached hydrogens (primary N) is 1. The van der Waals surface area contributed by atoms with Gasteiger partial charge in [0.25, 0.3) is 0 Å². The highest BCUT2D eigenvalue weighted by Gasteiger charge is 2.20. The van der Waals surface area contributed by atoms with Crippen molar-refractivity contribution in [3.8, 4) is 0 Å². The highest BCUT2D eigenvalue weighted by molar-refractivity contribution is 5.15. The van der Waals surface area contributed by atoms with Crippen LogP contribution < -0.4 is 5.73 Å². The van der Waals surface area contributed by atoms with E-state index in [-0.39, 0.29) is 11.4 Å². The predicted molar refractivity (Wildman–Crippen MR) is 58.9 cm³/mol. The molecule has 1 aromatic carbocycles. The largest absolute Gasteiger partial charge is 0.369 e. The summed E-state index contributed by atoms with van der Waals surface area (Å²) in [5.41, 5.74) is 6.14. The van der Waals surface area contributed by atoms with Gasteiger partial charge in [0, 0.05) is 6.54 Å². The topological polar surface area (TPSA) is 35.2 Å². The lowest BCUT2D eigenvalue weighted by atomic mass is 10.0. The number of hydrogen-bond acceptors (Lipinski definition) is 2. The number of benzene rings is 1. The van der Waals surface area contributed by atoms with Crippen LogP contribution in [-0.4, -0.2) is 12.1 Å². The molecule has 0 fully saturated rings. The molecule has 15 heavy (non-hydrogen) atoms. The molecule has 1 atom stereocenters. The molecule has 84 valence electrons. The third-order valence-corrected chi connectivity index (χ3v) is 2.66. The summed E-state index contributed by atoms with van der Waals surface area (Å²) in [7, 11) is 0. The van der Waals surface area contributed by atoms with Crippen LogP contribution in [0.3, 0.4) is 0 Å². The lowest BCUT2D eigenvalue weighted by Crippen LogP contribution is -2.36. The first-order chi connectivity index (χ1) is 7.09. The van der Waals surface area contributed by atoms with Crippen molar-refractivity contribution < 1.29 is 9.13 Å². The van der Waals surface area contributed by atoms with E-state index in [1.54, 1.807) is 6.07 Å².